The number of hydrogen-bond donors (Lipinski definition) is 1. The van der Waals surface area contributed by atoms with Gasteiger partial charge in [-0.2, -0.15) is 0 Å². The summed E-state index contributed by atoms with van der Waals surface area (Å²) in [6.45, 7) is 0.195. The summed E-state index contributed by atoms with van der Waals surface area (Å²) >= 11 is 3.40. The summed E-state index contributed by atoms with van der Waals surface area (Å²) in [6, 6.07) is 3.55. The van der Waals surface area contributed by atoms with Crippen molar-refractivity contribution in [3.8, 4) is 11.5 Å². The molecular formula is C12H8BrNO4. The van der Waals surface area contributed by atoms with Gasteiger partial charge in [0.2, 0.25) is 12.7 Å². The number of carbonyl (C=O) groups is 2. The second kappa shape index (κ2) is 4.13. The molecule has 18 heavy (non-hydrogen) atoms. The van der Waals surface area contributed by atoms with Crippen molar-refractivity contribution in [2.24, 2.45) is 0 Å². The number of imide groups is 1. The third-order valence-corrected chi connectivity index (χ3v) is 3.40. The van der Waals surface area contributed by atoms with Crippen molar-refractivity contribution in [3.63, 3.8) is 0 Å². The fraction of sp³-hybridized carbons (Fsp3) is 0.167. The first-order chi connectivity index (χ1) is 8.63. The molecule has 6 heteroatoms. The molecule has 1 aromatic carbocycles. The van der Waals surface area contributed by atoms with Gasteiger partial charge in [-0.3, -0.25) is 14.9 Å². The van der Waals surface area contributed by atoms with Crippen LogP contribution in [-0.4, -0.2) is 18.6 Å². The van der Waals surface area contributed by atoms with Crippen LogP contribution in [0.4, 0.5) is 0 Å². The third kappa shape index (κ3) is 1.88. The Bertz CT molecular complexity index is 594. The zero-order chi connectivity index (χ0) is 12.7. The van der Waals surface area contributed by atoms with Crippen LogP contribution in [0.3, 0.4) is 0 Å². The maximum Gasteiger partial charge on any atom is 0.254 e. The van der Waals surface area contributed by atoms with E-state index < -0.39 is 0 Å². The molecule has 0 aliphatic carbocycles. The molecule has 92 valence electrons. The summed E-state index contributed by atoms with van der Waals surface area (Å²) in [6.07, 6.45) is 1.78. The number of nitrogens with one attached hydrogen (secondary N) is 1. The Kier molecular flexibility index (Phi) is 2.59. The normalized spacial score (nSPS) is 19.5. The Hall–Kier alpha value is -1.82. The van der Waals surface area contributed by atoms with Gasteiger partial charge in [0.25, 0.3) is 5.91 Å². The highest BCUT2D eigenvalue weighted by atomic mass is 79.9. The number of rotatable bonds is 1. The van der Waals surface area contributed by atoms with Crippen molar-refractivity contribution in [1.29, 1.82) is 0 Å². The molecule has 0 unspecified atom stereocenters. The van der Waals surface area contributed by atoms with Crippen LogP contribution in [0.2, 0.25) is 0 Å². The topological polar surface area (TPSA) is 64.6 Å². The molecule has 0 aromatic heterocycles. The Balaban J connectivity index is 2.00. The Labute approximate surface area is 111 Å². The molecule has 0 atom stereocenters. The second-order valence-corrected chi connectivity index (χ2v) is 4.80. The first-order valence-electron chi connectivity index (χ1n) is 5.27. The number of amides is 2. The van der Waals surface area contributed by atoms with Gasteiger partial charge in [0.1, 0.15) is 0 Å². The molecule has 1 fully saturated rings. The number of halogens is 1. The van der Waals surface area contributed by atoms with Crippen LogP contribution in [0.15, 0.2) is 22.2 Å². The van der Waals surface area contributed by atoms with Gasteiger partial charge in [0.15, 0.2) is 11.5 Å². The van der Waals surface area contributed by atoms with Crippen molar-refractivity contribution in [3.05, 3.63) is 27.7 Å². The molecule has 1 saturated heterocycles. The van der Waals surface area contributed by atoms with Crippen molar-refractivity contribution >= 4 is 33.8 Å². The highest BCUT2D eigenvalue weighted by Crippen LogP contribution is 2.37. The number of benzene rings is 1. The molecule has 2 aliphatic heterocycles. The number of ether oxygens (including phenoxy) is 2. The van der Waals surface area contributed by atoms with Gasteiger partial charge in [-0.1, -0.05) is 15.9 Å². The molecule has 2 heterocycles. The zero-order valence-corrected chi connectivity index (χ0v) is 10.7. The molecule has 0 radical (unpaired) electrons. The lowest BCUT2D eigenvalue weighted by Gasteiger charge is -2.02. The first kappa shape index (κ1) is 11.3. The summed E-state index contributed by atoms with van der Waals surface area (Å²) in [5, 5.41) is 2.24. The predicted octanol–water partition coefficient (Wildman–Crippen LogP) is 1.61. The van der Waals surface area contributed by atoms with Gasteiger partial charge in [-0.25, -0.2) is 0 Å². The van der Waals surface area contributed by atoms with E-state index in [0.29, 0.717) is 17.1 Å². The van der Waals surface area contributed by atoms with Gasteiger partial charge in [0.05, 0.1) is 6.42 Å². The van der Waals surface area contributed by atoms with E-state index in [2.05, 4.69) is 21.2 Å². The standard InChI is InChI=1S/C12H8BrNO4/c13-8-4-10-9(17-5-18-10)2-6(8)1-7-3-11(15)14-12(7)16/h1-2,4H,3,5H2,(H,14,15,16)/b7-1+. The maximum absolute atomic E-state index is 11.5. The molecule has 1 N–H and O–H groups in total. The average Bonchev–Trinajstić information content (AvgIpc) is 2.86. The average molecular weight is 310 g/mol. The molecule has 3 rings (SSSR count). The molecule has 0 spiro atoms. The van der Waals surface area contributed by atoms with Crippen LogP contribution < -0.4 is 14.8 Å². The number of hydrogen-bond acceptors (Lipinski definition) is 4. The van der Waals surface area contributed by atoms with Crippen LogP contribution >= 0.6 is 15.9 Å². The Morgan fingerprint density at radius 1 is 1.22 bits per heavy atom. The molecule has 0 saturated carbocycles. The number of fused-ring (bicyclic) bond motifs is 1. The maximum atomic E-state index is 11.5. The molecule has 5 nitrogen and oxygen atoms in total. The van der Waals surface area contributed by atoms with Gasteiger partial charge in [0, 0.05) is 10.0 Å². The first-order valence-corrected chi connectivity index (χ1v) is 6.06. The lowest BCUT2D eigenvalue weighted by Crippen LogP contribution is -2.19. The lowest BCUT2D eigenvalue weighted by molar-refractivity contribution is -0.124. The van der Waals surface area contributed by atoms with Crippen molar-refractivity contribution < 1.29 is 19.1 Å². The molecule has 2 aliphatic rings. The SMILES string of the molecule is O=C1C/C(=C\c2cc3c(cc2Br)OCO3)C(=O)N1. The van der Waals surface area contributed by atoms with Gasteiger partial charge < -0.3 is 9.47 Å². The molecule has 1 aromatic rings. The Morgan fingerprint density at radius 2 is 1.94 bits per heavy atom. The van der Waals surface area contributed by atoms with Crippen LogP contribution in [-0.2, 0) is 9.59 Å². The van der Waals surface area contributed by atoms with E-state index in [0.717, 1.165) is 10.0 Å². The highest BCUT2D eigenvalue weighted by molar-refractivity contribution is 9.10. The zero-order valence-electron chi connectivity index (χ0n) is 9.16. The van der Waals surface area contributed by atoms with E-state index in [1.165, 1.54) is 0 Å². The van der Waals surface area contributed by atoms with Gasteiger partial charge >= 0.3 is 0 Å². The van der Waals surface area contributed by atoms with Gasteiger partial charge in [-0.05, 0) is 23.8 Å². The molecule has 0 bridgehead atoms. The van der Waals surface area contributed by atoms with Crippen LogP contribution in [0.5, 0.6) is 11.5 Å². The summed E-state index contributed by atoms with van der Waals surface area (Å²) in [4.78, 5) is 22.6. The van der Waals surface area contributed by atoms with E-state index in [4.69, 9.17) is 9.47 Å². The summed E-state index contributed by atoms with van der Waals surface area (Å²) in [7, 11) is 0. The summed E-state index contributed by atoms with van der Waals surface area (Å²) < 4.78 is 11.3. The van der Waals surface area contributed by atoms with E-state index in [1.807, 2.05) is 0 Å². The van der Waals surface area contributed by atoms with Gasteiger partial charge in [-0.15, -0.1) is 0 Å². The summed E-state index contributed by atoms with van der Waals surface area (Å²) in [5.74, 6) is 0.679. The predicted molar refractivity (Wildman–Crippen MR) is 66.0 cm³/mol. The fourth-order valence-electron chi connectivity index (χ4n) is 1.85. The minimum Gasteiger partial charge on any atom is -0.454 e. The monoisotopic (exact) mass is 309 g/mol. The minimum absolute atomic E-state index is 0.111. The third-order valence-electron chi connectivity index (χ3n) is 2.72. The smallest absolute Gasteiger partial charge is 0.254 e. The van der Waals surface area contributed by atoms with Crippen molar-refractivity contribution in [2.75, 3.05) is 6.79 Å². The van der Waals surface area contributed by atoms with E-state index in [-0.39, 0.29) is 25.0 Å². The van der Waals surface area contributed by atoms with E-state index in [9.17, 15) is 9.59 Å². The largest absolute Gasteiger partial charge is 0.454 e. The van der Waals surface area contributed by atoms with Crippen molar-refractivity contribution in [2.45, 2.75) is 6.42 Å². The van der Waals surface area contributed by atoms with E-state index >= 15 is 0 Å². The van der Waals surface area contributed by atoms with Crippen molar-refractivity contribution in [1.82, 2.24) is 5.32 Å². The second-order valence-electron chi connectivity index (χ2n) is 3.95. The van der Waals surface area contributed by atoms with Crippen LogP contribution in [0.25, 0.3) is 6.08 Å². The Morgan fingerprint density at radius 3 is 2.61 bits per heavy atom. The highest BCUT2D eigenvalue weighted by Gasteiger charge is 2.24. The van der Waals surface area contributed by atoms with Crippen LogP contribution in [0.1, 0.15) is 12.0 Å². The lowest BCUT2D eigenvalue weighted by atomic mass is 10.1. The summed E-state index contributed by atoms with van der Waals surface area (Å²) in [5.41, 5.74) is 1.22. The molecular weight excluding hydrogens is 302 g/mol. The quantitative estimate of drug-likeness (QED) is 0.632. The molecule has 2 amide bonds. The minimum atomic E-state index is -0.343. The number of carbonyl (C=O) groups excluding carboxylic acids is 2. The van der Waals surface area contributed by atoms with E-state index in [1.54, 1.807) is 18.2 Å². The van der Waals surface area contributed by atoms with Crippen LogP contribution in [0, 0.1) is 0 Å². The fourth-order valence-corrected chi connectivity index (χ4v) is 2.29.